The Hall–Kier alpha value is -1.43. The standard InChI is InChI=1S/C13H11Cl2NO3S/c1-19-11-4-2-3-10(8-11)16-20(17,18)13-7-9(14)5-6-12(13)15/h2-8,16H,1H3. The lowest BCUT2D eigenvalue weighted by Crippen LogP contribution is -2.13. The third-order valence-corrected chi connectivity index (χ3v) is 4.60. The van der Waals surface area contributed by atoms with Crippen molar-refractivity contribution in [3.63, 3.8) is 0 Å². The molecule has 106 valence electrons. The van der Waals surface area contributed by atoms with Crippen molar-refractivity contribution in [2.24, 2.45) is 0 Å². The Balaban J connectivity index is 2.38. The van der Waals surface area contributed by atoms with E-state index in [0.29, 0.717) is 16.5 Å². The van der Waals surface area contributed by atoms with Crippen LogP contribution >= 0.6 is 23.2 Å². The molecule has 1 N–H and O–H groups in total. The monoisotopic (exact) mass is 331 g/mol. The van der Waals surface area contributed by atoms with Crippen LogP contribution in [0.5, 0.6) is 5.75 Å². The molecule has 0 saturated carbocycles. The molecular formula is C13H11Cl2NO3S. The Bertz CT molecular complexity index is 732. The van der Waals surface area contributed by atoms with Gasteiger partial charge in [0.2, 0.25) is 0 Å². The van der Waals surface area contributed by atoms with E-state index >= 15 is 0 Å². The number of rotatable bonds is 4. The first-order valence-corrected chi connectivity index (χ1v) is 7.78. The van der Waals surface area contributed by atoms with Gasteiger partial charge in [0.25, 0.3) is 10.0 Å². The Morgan fingerprint density at radius 3 is 2.55 bits per heavy atom. The van der Waals surface area contributed by atoms with Gasteiger partial charge in [-0.25, -0.2) is 8.42 Å². The van der Waals surface area contributed by atoms with Gasteiger partial charge in [0.05, 0.1) is 17.8 Å². The minimum absolute atomic E-state index is 0.0745. The first kappa shape index (κ1) is 15.0. The van der Waals surface area contributed by atoms with Gasteiger partial charge in [0.15, 0.2) is 0 Å². The van der Waals surface area contributed by atoms with Gasteiger partial charge in [0.1, 0.15) is 10.6 Å². The first-order valence-electron chi connectivity index (χ1n) is 5.54. The van der Waals surface area contributed by atoms with Crippen LogP contribution in [0.4, 0.5) is 5.69 Å². The molecule has 2 aromatic carbocycles. The van der Waals surface area contributed by atoms with Crippen LogP contribution in [0.25, 0.3) is 0 Å². The van der Waals surface area contributed by atoms with E-state index in [1.54, 1.807) is 24.3 Å². The van der Waals surface area contributed by atoms with Crippen LogP contribution < -0.4 is 9.46 Å². The maximum Gasteiger partial charge on any atom is 0.263 e. The van der Waals surface area contributed by atoms with Crippen molar-refractivity contribution >= 4 is 38.9 Å². The highest BCUT2D eigenvalue weighted by Crippen LogP contribution is 2.27. The normalized spacial score (nSPS) is 11.2. The highest BCUT2D eigenvalue weighted by Gasteiger charge is 2.18. The average molecular weight is 332 g/mol. The molecule has 7 heteroatoms. The Morgan fingerprint density at radius 1 is 1.10 bits per heavy atom. The number of methoxy groups -OCH3 is 1. The summed E-state index contributed by atoms with van der Waals surface area (Å²) >= 11 is 11.7. The molecule has 0 heterocycles. The molecule has 2 aromatic rings. The van der Waals surface area contributed by atoms with Crippen LogP contribution in [0.15, 0.2) is 47.4 Å². The van der Waals surface area contributed by atoms with Crippen molar-refractivity contribution in [3.8, 4) is 5.75 Å². The molecule has 20 heavy (non-hydrogen) atoms. The SMILES string of the molecule is COc1cccc(NS(=O)(=O)c2cc(Cl)ccc2Cl)c1. The van der Waals surface area contributed by atoms with E-state index in [2.05, 4.69) is 4.72 Å². The molecule has 0 radical (unpaired) electrons. The van der Waals surface area contributed by atoms with E-state index in [9.17, 15) is 8.42 Å². The molecule has 0 saturated heterocycles. The van der Waals surface area contributed by atoms with Crippen LogP contribution in [0.1, 0.15) is 0 Å². The number of anilines is 1. The molecule has 0 aromatic heterocycles. The summed E-state index contributed by atoms with van der Waals surface area (Å²) < 4.78 is 32.0. The van der Waals surface area contributed by atoms with Crippen LogP contribution in [-0.2, 0) is 10.0 Å². The molecule has 0 unspecified atom stereocenters. The quantitative estimate of drug-likeness (QED) is 0.926. The lowest BCUT2D eigenvalue weighted by molar-refractivity contribution is 0.415. The summed E-state index contributed by atoms with van der Waals surface area (Å²) in [7, 11) is -2.31. The molecule has 2 rings (SSSR count). The molecule has 0 amide bonds. The van der Waals surface area contributed by atoms with E-state index in [1.807, 2.05) is 0 Å². The maximum atomic E-state index is 12.3. The zero-order valence-electron chi connectivity index (χ0n) is 10.4. The van der Waals surface area contributed by atoms with E-state index in [0.717, 1.165) is 0 Å². The first-order chi connectivity index (χ1) is 9.42. The van der Waals surface area contributed by atoms with E-state index in [1.165, 1.54) is 25.3 Å². The lowest BCUT2D eigenvalue weighted by Gasteiger charge is -2.10. The van der Waals surface area contributed by atoms with Gasteiger partial charge in [-0.3, -0.25) is 4.72 Å². The zero-order chi connectivity index (χ0) is 14.8. The zero-order valence-corrected chi connectivity index (χ0v) is 12.8. The van der Waals surface area contributed by atoms with Crippen LogP contribution in [0.2, 0.25) is 10.0 Å². The molecule has 0 aliphatic rings. The number of benzene rings is 2. The number of halogens is 2. The van der Waals surface area contributed by atoms with Crippen LogP contribution in [-0.4, -0.2) is 15.5 Å². The summed E-state index contributed by atoms with van der Waals surface area (Å²) in [4.78, 5) is -0.0745. The summed E-state index contributed by atoms with van der Waals surface area (Å²) in [6.45, 7) is 0. The topological polar surface area (TPSA) is 55.4 Å². The fourth-order valence-corrected chi connectivity index (χ4v) is 3.39. The maximum absolute atomic E-state index is 12.3. The van der Waals surface area contributed by atoms with Gasteiger partial charge >= 0.3 is 0 Å². The van der Waals surface area contributed by atoms with E-state index in [4.69, 9.17) is 27.9 Å². The fraction of sp³-hybridized carbons (Fsp3) is 0.0769. The second-order valence-electron chi connectivity index (χ2n) is 3.91. The van der Waals surface area contributed by atoms with Crippen molar-refractivity contribution in [1.82, 2.24) is 0 Å². The number of ether oxygens (including phenoxy) is 1. The number of hydrogen-bond donors (Lipinski definition) is 1. The Kier molecular flexibility index (Phi) is 4.42. The molecule has 0 aliphatic carbocycles. The van der Waals surface area contributed by atoms with Gasteiger partial charge in [-0.05, 0) is 30.3 Å². The highest BCUT2D eigenvalue weighted by molar-refractivity contribution is 7.92. The molecule has 0 atom stereocenters. The Morgan fingerprint density at radius 2 is 1.85 bits per heavy atom. The van der Waals surface area contributed by atoms with Gasteiger partial charge in [-0.1, -0.05) is 29.3 Å². The number of sulfonamides is 1. The third-order valence-electron chi connectivity index (χ3n) is 2.50. The van der Waals surface area contributed by atoms with Gasteiger partial charge < -0.3 is 4.74 Å². The third kappa shape index (κ3) is 3.36. The van der Waals surface area contributed by atoms with Crippen molar-refractivity contribution < 1.29 is 13.2 Å². The second kappa shape index (κ2) is 5.91. The largest absolute Gasteiger partial charge is 0.497 e. The summed E-state index contributed by atoms with van der Waals surface area (Å²) in [6, 6.07) is 10.8. The van der Waals surface area contributed by atoms with Gasteiger partial charge in [-0.15, -0.1) is 0 Å². The second-order valence-corrected chi connectivity index (χ2v) is 6.41. The fourth-order valence-electron chi connectivity index (χ4n) is 1.58. The summed E-state index contributed by atoms with van der Waals surface area (Å²) in [5, 5.41) is 0.394. The Labute approximate surface area is 127 Å². The van der Waals surface area contributed by atoms with Gasteiger partial charge in [-0.2, -0.15) is 0 Å². The lowest BCUT2D eigenvalue weighted by atomic mass is 10.3. The smallest absolute Gasteiger partial charge is 0.263 e. The summed E-state index contributed by atoms with van der Waals surface area (Å²) in [6.07, 6.45) is 0. The van der Waals surface area contributed by atoms with E-state index in [-0.39, 0.29) is 9.92 Å². The molecule has 0 bridgehead atoms. The summed E-state index contributed by atoms with van der Waals surface area (Å²) in [5.74, 6) is 0.544. The molecule has 0 fully saturated rings. The van der Waals surface area contributed by atoms with Crippen LogP contribution in [0, 0.1) is 0 Å². The van der Waals surface area contributed by atoms with Crippen molar-refractivity contribution in [2.75, 3.05) is 11.8 Å². The van der Waals surface area contributed by atoms with Gasteiger partial charge in [0, 0.05) is 11.1 Å². The number of hydrogen-bond acceptors (Lipinski definition) is 3. The average Bonchev–Trinajstić information content (AvgIpc) is 2.41. The molecule has 0 aliphatic heterocycles. The predicted molar refractivity (Wildman–Crippen MR) is 80.3 cm³/mol. The molecule has 4 nitrogen and oxygen atoms in total. The van der Waals surface area contributed by atoms with Crippen molar-refractivity contribution in [3.05, 3.63) is 52.5 Å². The molecule has 0 spiro atoms. The van der Waals surface area contributed by atoms with Crippen molar-refractivity contribution in [1.29, 1.82) is 0 Å². The number of nitrogens with one attached hydrogen (secondary N) is 1. The minimum Gasteiger partial charge on any atom is -0.497 e. The summed E-state index contributed by atoms with van der Waals surface area (Å²) in [5.41, 5.74) is 0.375. The predicted octanol–water partition coefficient (Wildman–Crippen LogP) is 3.80. The highest BCUT2D eigenvalue weighted by atomic mass is 35.5. The van der Waals surface area contributed by atoms with Crippen LogP contribution in [0.3, 0.4) is 0 Å². The minimum atomic E-state index is -3.81. The van der Waals surface area contributed by atoms with Crippen molar-refractivity contribution in [2.45, 2.75) is 4.90 Å². The molecular weight excluding hydrogens is 321 g/mol. The van der Waals surface area contributed by atoms with E-state index < -0.39 is 10.0 Å².